The molecule has 0 aliphatic carbocycles. The SMILES string of the molecule is CCN(CC)c1ccc(C=NNS(C)(=O)=O)cc1. The summed E-state index contributed by atoms with van der Waals surface area (Å²) in [5, 5.41) is 3.65. The third-order valence-electron chi connectivity index (χ3n) is 2.45. The number of anilines is 1. The van der Waals surface area contributed by atoms with Crippen LogP contribution in [0.3, 0.4) is 0 Å². The van der Waals surface area contributed by atoms with Crippen LogP contribution in [0.1, 0.15) is 19.4 Å². The van der Waals surface area contributed by atoms with E-state index in [1.807, 2.05) is 24.3 Å². The van der Waals surface area contributed by atoms with Gasteiger partial charge in [0.1, 0.15) is 0 Å². The van der Waals surface area contributed by atoms with Crippen molar-refractivity contribution in [1.82, 2.24) is 4.83 Å². The van der Waals surface area contributed by atoms with Gasteiger partial charge in [-0.1, -0.05) is 12.1 Å². The fourth-order valence-corrected chi connectivity index (χ4v) is 1.80. The number of rotatable bonds is 6. The molecule has 0 fully saturated rings. The molecule has 100 valence electrons. The molecule has 0 saturated heterocycles. The average Bonchev–Trinajstić information content (AvgIpc) is 2.31. The van der Waals surface area contributed by atoms with Crippen molar-refractivity contribution < 1.29 is 8.42 Å². The van der Waals surface area contributed by atoms with Crippen LogP contribution in [-0.2, 0) is 10.0 Å². The van der Waals surface area contributed by atoms with Crippen molar-refractivity contribution >= 4 is 21.9 Å². The van der Waals surface area contributed by atoms with Gasteiger partial charge in [-0.3, -0.25) is 0 Å². The first kappa shape index (κ1) is 14.5. The number of benzene rings is 1. The van der Waals surface area contributed by atoms with Gasteiger partial charge in [0.2, 0.25) is 10.0 Å². The highest BCUT2D eigenvalue weighted by Crippen LogP contribution is 2.13. The maximum absolute atomic E-state index is 10.8. The Morgan fingerprint density at radius 2 is 1.78 bits per heavy atom. The summed E-state index contributed by atoms with van der Waals surface area (Å²) in [6.07, 6.45) is 2.54. The van der Waals surface area contributed by atoms with Crippen molar-refractivity contribution in [2.24, 2.45) is 5.10 Å². The van der Waals surface area contributed by atoms with E-state index in [4.69, 9.17) is 0 Å². The molecule has 1 rings (SSSR count). The maximum atomic E-state index is 10.8. The third-order valence-corrected chi connectivity index (χ3v) is 2.89. The van der Waals surface area contributed by atoms with Crippen LogP contribution >= 0.6 is 0 Å². The van der Waals surface area contributed by atoms with Crippen molar-refractivity contribution in [2.45, 2.75) is 13.8 Å². The smallest absolute Gasteiger partial charge is 0.244 e. The Morgan fingerprint density at radius 1 is 1.22 bits per heavy atom. The van der Waals surface area contributed by atoms with Gasteiger partial charge in [-0.05, 0) is 31.5 Å². The van der Waals surface area contributed by atoms with Gasteiger partial charge in [-0.15, -0.1) is 0 Å². The van der Waals surface area contributed by atoms with Gasteiger partial charge in [-0.2, -0.15) is 5.10 Å². The number of hydrazone groups is 1. The Kier molecular flexibility index (Phi) is 5.15. The van der Waals surface area contributed by atoms with Gasteiger partial charge >= 0.3 is 0 Å². The van der Waals surface area contributed by atoms with Crippen molar-refractivity contribution in [3.8, 4) is 0 Å². The fraction of sp³-hybridized carbons (Fsp3) is 0.417. The second-order valence-electron chi connectivity index (χ2n) is 3.89. The lowest BCUT2D eigenvalue weighted by Gasteiger charge is -2.20. The summed E-state index contributed by atoms with van der Waals surface area (Å²) in [5.41, 5.74) is 2.00. The van der Waals surface area contributed by atoms with Crippen LogP contribution in [0.4, 0.5) is 5.69 Å². The predicted molar refractivity (Wildman–Crippen MR) is 75.6 cm³/mol. The van der Waals surface area contributed by atoms with E-state index in [1.54, 1.807) is 0 Å². The summed E-state index contributed by atoms with van der Waals surface area (Å²) in [4.78, 5) is 4.29. The van der Waals surface area contributed by atoms with Crippen LogP contribution in [0.5, 0.6) is 0 Å². The van der Waals surface area contributed by atoms with Crippen molar-refractivity contribution in [3.05, 3.63) is 29.8 Å². The highest BCUT2D eigenvalue weighted by molar-refractivity contribution is 7.88. The third kappa shape index (κ3) is 4.75. The summed E-state index contributed by atoms with van der Waals surface area (Å²) < 4.78 is 21.6. The minimum atomic E-state index is -3.28. The lowest BCUT2D eigenvalue weighted by Crippen LogP contribution is -2.21. The lowest BCUT2D eigenvalue weighted by atomic mass is 10.2. The van der Waals surface area contributed by atoms with E-state index in [1.165, 1.54) is 6.21 Å². The second kappa shape index (κ2) is 6.39. The lowest BCUT2D eigenvalue weighted by molar-refractivity contribution is 0.591. The number of sulfonamides is 1. The summed E-state index contributed by atoms with van der Waals surface area (Å²) in [7, 11) is -3.28. The Morgan fingerprint density at radius 3 is 2.22 bits per heavy atom. The molecule has 5 nitrogen and oxygen atoms in total. The Labute approximate surface area is 109 Å². The van der Waals surface area contributed by atoms with E-state index >= 15 is 0 Å². The number of hydrogen-bond donors (Lipinski definition) is 1. The molecule has 0 amide bonds. The number of nitrogens with zero attached hydrogens (tertiary/aromatic N) is 2. The van der Waals surface area contributed by atoms with E-state index in [9.17, 15) is 8.42 Å². The topological polar surface area (TPSA) is 61.8 Å². The molecule has 0 aliphatic heterocycles. The van der Waals surface area contributed by atoms with E-state index in [0.717, 1.165) is 30.6 Å². The van der Waals surface area contributed by atoms with Crippen LogP contribution in [-0.4, -0.2) is 34.0 Å². The molecule has 1 aromatic carbocycles. The minimum Gasteiger partial charge on any atom is -0.372 e. The quantitative estimate of drug-likeness (QED) is 0.627. The Hall–Kier alpha value is -1.56. The molecule has 0 bridgehead atoms. The van der Waals surface area contributed by atoms with Crippen LogP contribution in [0.15, 0.2) is 29.4 Å². The minimum absolute atomic E-state index is 0.849. The first-order valence-electron chi connectivity index (χ1n) is 5.81. The second-order valence-corrected chi connectivity index (χ2v) is 5.61. The normalized spacial score (nSPS) is 11.7. The number of nitrogens with one attached hydrogen (secondary N) is 1. The fourth-order valence-electron chi connectivity index (χ4n) is 1.56. The molecular formula is C12H19N3O2S. The molecule has 0 aromatic heterocycles. The molecular weight excluding hydrogens is 250 g/mol. The summed E-state index contributed by atoms with van der Waals surface area (Å²) in [6.45, 7) is 6.13. The van der Waals surface area contributed by atoms with Crippen molar-refractivity contribution in [2.75, 3.05) is 24.2 Å². The largest absolute Gasteiger partial charge is 0.372 e. The van der Waals surface area contributed by atoms with E-state index in [-0.39, 0.29) is 0 Å². The van der Waals surface area contributed by atoms with Crippen molar-refractivity contribution in [1.29, 1.82) is 0 Å². The highest BCUT2D eigenvalue weighted by atomic mass is 32.2. The highest BCUT2D eigenvalue weighted by Gasteiger charge is 2.00. The van der Waals surface area contributed by atoms with Gasteiger partial charge in [0.25, 0.3) is 0 Å². The number of hydrogen-bond acceptors (Lipinski definition) is 4. The molecule has 0 unspecified atom stereocenters. The van der Waals surface area contributed by atoms with Gasteiger partial charge in [0.05, 0.1) is 12.5 Å². The van der Waals surface area contributed by atoms with Crippen LogP contribution < -0.4 is 9.73 Å². The summed E-state index contributed by atoms with van der Waals surface area (Å²) >= 11 is 0. The molecule has 0 atom stereocenters. The Bertz CT molecular complexity index is 491. The Balaban J connectivity index is 2.71. The summed E-state index contributed by atoms with van der Waals surface area (Å²) in [5.74, 6) is 0. The molecule has 0 aliphatic rings. The molecule has 0 heterocycles. The van der Waals surface area contributed by atoms with Gasteiger partial charge in [0.15, 0.2) is 0 Å². The van der Waals surface area contributed by atoms with Crippen molar-refractivity contribution in [3.63, 3.8) is 0 Å². The molecule has 0 saturated carbocycles. The zero-order chi connectivity index (χ0) is 13.6. The maximum Gasteiger partial charge on any atom is 0.244 e. The molecule has 0 radical (unpaired) electrons. The molecule has 1 aromatic rings. The molecule has 0 spiro atoms. The summed E-state index contributed by atoms with van der Waals surface area (Å²) in [6, 6.07) is 7.80. The van der Waals surface area contributed by atoms with Crippen LogP contribution in [0.25, 0.3) is 0 Å². The van der Waals surface area contributed by atoms with E-state index in [0.29, 0.717) is 0 Å². The zero-order valence-corrected chi connectivity index (χ0v) is 11.7. The predicted octanol–water partition coefficient (Wildman–Crippen LogP) is 1.42. The molecule has 6 heteroatoms. The van der Waals surface area contributed by atoms with E-state index < -0.39 is 10.0 Å². The van der Waals surface area contributed by atoms with Crippen LogP contribution in [0.2, 0.25) is 0 Å². The first-order chi connectivity index (χ1) is 8.46. The molecule has 1 N–H and O–H groups in total. The van der Waals surface area contributed by atoms with Gasteiger partial charge in [0, 0.05) is 18.8 Å². The average molecular weight is 269 g/mol. The van der Waals surface area contributed by atoms with Gasteiger partial charge in [-0.25, -0.2) is 13.2 Å². The standard InChI is InChI=1S/C12H19N3O2S/c1-4-15(5-2)12-8-6-11(7-9-12)10-13-14-18(3,16)17/h6-10,14H,4-5H2,1-3H3. The van der Waals surface area contributed by atoms with Crippen LogP contribution in [0, 0.1) is 0 Å². The van der Waals surface area contributed by atoms with Gasteiger partial charge < -0.3 is 4.90 Å². The van der Waals surface area contributed by atoms with E-state index in [2.05, 4.69) is 28.7 Å². The zero-order valence-electron chi connectivity index (χ0n) is 10.9. The first-order valence-corrected chi connectivity index (χ1v) is 7.70. The molecule has 18 heavy (non-hydrogen) atoms. The monoisotopic (exact) mass is 269 g/mol.